The quantitative estimate of drug-likeness (QED) is 0.312. The maximum atomic E-state index is 12.2. The van der Waals surface area contributed by atoms with Gasteiger partial charge in [-0.25, -0.2) is 5.43 Å². The Kier molecular flexibility index (Phi) is 8.14. The maximum absolute atomic E-state index is 12.2. The molecule has 32 heavy (non-hydrogen) atoms. The van der Waals surface area contributed by atoms with E-state index in [1.165, 1.54) is 0 Å². The number of hydrogen-bond acceptors (Lipinski definition) is 5. The van der Waals surface area contributed by atoms with E-state index in [0.717, 1.165) is 23.3 Å². The van der Waals surface area contributed by atoms with Gasteiger partial charge in [-0.05, 0) is 40.9 Å². The third kappa shape index (κ3) is 7.18. The van der Waals surface area contributed by atoms with Crippen LogP contribution in [0.2, 0.25) is 0 Å². The van der Waals surface area contributed by atoms with Crippen molar-refractivity contribution in [3.05, 3.63) is 69.8 Å². The number of nitro benzene ring substituents is 1. The molecule has 172 valence electrons. The molecule has 0 fully saturated rings. The molecule has 0 aromatic heterocycles. The number of amides is 1. The highest BCUT2D eigenvalue weighted by Crippen LogP contribution is 2.39. The van der Waals surface area contributed by atoms with E-state index < -0.39 is 10.8 Å². The Bertz CT molecular complexity index is 976. The molecule has 0 unspecified atom stereocenters. The minimum atomic E-state index is -0.488. The van der Waals surface area contributed by atoms with Crippen LogP contribution in [0.3, 0.4) is 0 Å². The molecule has 2 aromatic carbocycles. The van der Waals surface area contributed by atoms with Gasteiger partial charge < -0.3 is 4.74 Å². The van der Waals surface area contributed by atoms with E-state index in [2.05, 4.69) is 45.1 Å². The molecule has 7 heteroatoms. The third-order valence-corrected chi connectivity index (χ3v) is 5.03. The van der Waals surface area contributed by atoms with Crippen molar-refractivity contribution in [2.75, 3.05) is 6.61 Å². The second kappa shape index (κ2) is 10.4. The normalized spacial score (nSPS) is 12.4. The number of benzene rings is 2. The van der Waals surface area contributed by atoms with Crippen LogP contribution in [-0.4, -0.2) is 23.1 Å². The van der Waals surface area contributed by atoms with Gasteiger partial charge >= 0.3 is 5.69 Å². The van der Waals surface area contributed by atoms with Gasteiger partial charge in [-0.15, -0.1) is 0 Å². The first kappa shape index (κ1) is 25.0. The highest BCUT2D eigenvalue weighted by atomic mass is 16.6. The van der Waals surface area contributed by atoms with E-state index in [4.69, 9.17) is 4.74 Å². The summed E-state index contributed by atoms with van der Waals surface area (Å²) in [6.07, 6.45) is 1.50. The molecular formula is C25H33N3O4. The Morgan fingerprint density at radius 3 is 2.31 bits per heavy atom. The van der Waals surface area contributed by atoms with Crippen LogP contribution in [0.5, 0.6) is 5.75 Å². The first-order valence-corrected chi connectivity index (χ1v) is 10.8. The van der Waals surface area contributed by atoms with Crippen molar-refractivity contribution in [2.45, 2.75) is 59.8 Å². The highest BCUT2D eigenvalue weighted by molar-refractivity contribution is 6.00. The summed E-state index contributed by atoms with van der Waals surface area (Å²) in [7, 11) is 0. The van der Waals surface area contributed by atoms with E-state index in [0.29, 0.717) is 6.42 Å². The van der Waals surface area contributed by atoms with Gasteiger partial charge in [0.25, 0.3) is 5.91 Å². The molecule has 0 atom stereocenters. The molecule has 2 rings (SSSR count). The molecule has 0 heterocycles. The number of carbonyl (C=O) groups excluding carboxylic acids is 1. The molecular weight excluding hydrogens is 406 g/mol. The van der Waals surface area contributed by atoms with Crippen LogP contribution < -0.4 is 10.2 Å². The Hall–Kier alpha value is -3.22. The van der Waals surface area contributed by atoms with Gasteiger partial charge in [0.2, 0.25) is 0 Å². The van der Waals surface area contributed by atoms with Crippen LogP contribution in [0.25, 0.3) is 0 Å². The zero-order valence-corrected chi connectivity index (χ0v) is 19.8. The summed E-state index contributed by atoms with van der Waals surface area (Å²) in [6, 6.07) is 14.5. The molecule has 7 nitrogen and oxygen atoms in total. The molecule has 1 N–H and O–H groups in total. The zero-order valence-electron chi connectivity index (χ0n) is 19.8. The van der Waals surface area contributed by atoms with Crippen LogP contribution in [0.15, 0.2) is 53.6 Å². The lowest BCUT2D eigenvalue weighted by Gasteiger charge is -2.33. The zero-order chi connectivity index (χ0) is 23.9. The number of rotatable bonds is 9. The Labute approximate surface area is 190 Å². The minimum absolute atomic E-state index is 0.0585. The van der Waals surface area contributed by atoms with Gasteiger partial charge in [-0.2, -0.15) is 5.10 Å². The number of nitro groups is 1. The third-order valence-electron chi connectivity index (χ3n) is 5.03. The lowest BCUT2D eigenvalue weighted by molar-refractivity contribution is -0.385. The molecule has 0 aliphatic heterocycles. The summed E-state index contributed by atoms with van der Waals surface area (Å²) < 4.78 is 5.48. The summed E-state index contributed by atoms with van der Waals surface area (Å²) in [6.45, 7) is 12.1. The fourth-order valence-electron chi connectivity index (χ4n) is 3.91. The summed E-state index contributed by atoms with van der Waals surface area (Å²) in [5.74, 6) is -0.429. The van der Waals surface area contributed by atoms with Crippen molar-refractivity contribution in [1.29, 1.82) is 0 Å². The summed E-state index contributed by atoms with van der Waals surface area (Å²) in [5, 5.41) is 15.8. The van der Waals surface area contributed by atoms with Crippen molar-refractivity contribution in [3.8, 4) is 5.75 Å². The van der Waals surface area contributed by atoms with Gasteiger partial charge in [0.1, 0.15) is 0 Å². The van der Waals surface area contributed by atoms with E-state index >= 15 is 0 Å². The van der Waals surface area contributed by atoms with Crippen molar-refractivity contribution in [3.63, 3.8) is 0 Å². The number of ether oxygens (including phenoxy) is 1. The molecule has 1 amide bonds. The molecule has 2 aromatic rings. The van der Waals surface area contributed by atoms with E-state index in [-0.39, 0.29) is 28.9 Å². The highest BCUT2D eigenvalue weighted by Gasteiger charge is 2.29. The largest absolute Gasteiger partial charge is 0.477 e. The molecule has 0 spiro atoms. The first-order chi connectivity index (χ1) is 14.9. The number of nitrogens with one attached hydrogen (secondary N) is 1. The molecule has 0 aliphatic carbocycles. The van der Waals surface area contributed by atoms with Crippen molar-refractivity contribution in [1.82, 2.24) is 5.43 Å². The monoisotopic (exact) mass is 439 g/mol. The standard InChI is InChI=1S/C25H33N3O4/c1-7-20(18-11-9-8-10-12-18)26-27-23(29)16-32-22-14-13-19(15-21(22)28(30)31)25(5,6)17-24(2,3)4/h8-15H,7,16-17H2,1-6H3,(H,27,29)/b26-20-. The smallest absolute Gasteiger partial charge is 0.311 e. The van der Waals surface area contributed by atoms with Crippen molar-refractivity contribution < 1.29 is 14.5 Å². The predicted molar refractivity (Wildman–Crippen MR) is 127 cm³/mol. The maximum Gasteiger partial charge on any atom is 0.311 e. The topological polar surface area (TPSA) is 93.8 Å². The number of carbonyl (C=O) groups is 1. The Morgan fingerprint density at radius 1 is 1.09 bits per heavy atom. The summed E-state index contributed by atoms with van der Waals surface area (Å²) in [5.41, 5.74) is 4.64. The second-order valence-electron chi connectivity index (χ2n) is 9.66. The molecule has 0 radical (unpaired) electrons. The number of hydrogen-bond donors (Lipinski definition) is 1. The van der Waals surface area contributed by atoms with Crippen LogP contribution in [-0.2, 0) is 10.2 Å². The van der Waals surface area contributed by atoms with E-state index in [9.17, 15) is 14.9 Å². The van der Waals surface area contributed by atoms with Gasteiger partial charge in [0, 0.05) is 6.07 Å². The first-order valence-electron chi connectivity index (χ1n) is 10.8. The molecule has 0 saturated heterocycles. The fraction of sp³-hybridized carbons (Fsp3) is 0.440. The fourth-order valence-corrected chi connectivity index (χ4v) is 3.91. The van der Waals surface area contributed by atoms with Crippen LogP contribution >= 0.6 is 0 Å². The predicted octanol–water partition coefficient (Wildman–Crippen LogP) is 5.62. The van der Waals surface area contributed by atoms with Crippen LogP contribution in [0.1, 0.15) is 65.5 Å². The van der Waals surface area contributed by atoms with Gasteiger partial charge in [0.15, 0.2) is 12.4 Å². The van der Waals surface area contributed by atoms with Gasteiger partial charge in [0.05, 0.1) is 10.6 Å². The molecule has 0 saturated carbocycles. The average Bonchev–Trinajstić information content (AvgIpc) is 2.71. The summed E-state index contributed by atoms with van der Waals surface area (Å²) >= 11 is 0. The second-order valence-corrected chi connectivity index (χ2v) is 9.66. The minimum Gasteiger partial charge on any atom is -0.477 e. The summed E-state index contributed by atoms with van der Waals surface area (Å²) in [4.78, 5) is 23.4. The number of hydrazone groups is 1. The van der Waals surface area contributed by atoms with Crippen molar-refractivity contribution in [2.24, 2.45) is 10.5 Å². The molecule has 0 aliphatic rings. The Balaban J connectivity index is 2.11. The van der Waals surface area contributed by atoms with E-state index in [1.54, 1.807) is 12.1 Å². The molecule has 0 bridgehead atoms. The van der Waals surface area contributed by atoms with E-state index in [1.807, 2.05) is 43.3 Å². The SMILES string of the molecule is CC/C(=N/NC(=O)COc1ccc(C(C)(C)CC(C)(C)C)cc1[N+](=O)[O-])c1ccccc1. The number of nitrogens with zero attached hydrogens (tertiary/aromatic N) is 2. The van der Waals surface area contributed by atoms with Crippen molar-refractivity contribution >= 4 is 17.3 Å². The average molecular weight is 440 g/mol. The lowest BCUT2D eigenvalue weighted by atomic mass is 9.72. The lowest BCUT2D eigenvalue weighted by Crippen LogP contribution is -2.26. The van der Waals surface area contributed by atoms with Crippen LogP contribution in [0.4, 0.5) is 5.69 Å². The van der Waals surface area contributed by atoms with Gasteiger partial charge in [-0.3, -0.25) is 14.9 Å². The Morgan fingerprint density at radius 2 is 1.75 bits per heavy atom. The van der Waals surface area contributed by atoms with Crippen LogP contribution in [0, 0.1) is 15.5 Å². The van der Waals surface area contributed by atoms with Gasteiger partial charge in [-0.1, -0.05) is 77.9 Å².